The van der Waals surface area contributed by atoms with Gasteiger partial charge in [-0.15, -0.1) is 0 Å². The minimum Gasteiger partial charge on any atom is -0.311 e. The van der Waals surface area contributed by atoms with Crippen molar-refractivity contribution in [3.8, 4) is 66.8 Å². The highest BCUT2D eigenvalue weighted by Gasteiger charge is 2.47. The monoisotopic (exact) mass is 1450 g/mol. The molecule has 0 saturated carbocycles. The van der Waals surface area contributed by atoms with Crippen LogP contribution in [0, 0.1) is 13.8 Å². The van der Waals surface area contributed by atoms with Gasteiger partial charge in [-0.3, -0.25) is 0 Å². The van der Waals surface area contributed by atoms with Crippen LogP contribution in [0.3, 0.4) is 0 Å². The molecule has 0 heterocycles. The van der Waals surface area contributed by atoms with Crippen molar-refractivity contribution >= 4 is 29.2 Å². The Bertz CT molecular complexity index is 4800. The molecule has 3 aliphatic carbocycles. The van der Waals surface area contributed by atoms with Crippen LogP contribution >= 0.6 is 0 Å². The van der Waals surface area contributed by atoms with Gasteiger partial charge in [0.2, 0.25) is 0 Å². The molecular weight excluding hydrogens is 1320 g/mol. The number of aryl methyl sites for hydroxylation is 2. The zero-order chi connectivity index (χ0) is 75.9. The molecule has 11 aromatic rings. The number of hydrogen-bond donors (Lipinski definition) is 0. The Morgan fingerprint density at radius 2 is 0.518 bits per heavy atom. The molecule has 0 fully saturated rings. The van der Waals surface area contributed by atoms with Crippen molar-refractivity contribution in [1.29, 1.82) is 0 Å². The maximum absolute atomic E-state index is 4.12. The van der Waals surface area contributed by atoms with Crippen molar-refractivity contribution in [2.45, 2.75) is 250 Å². The summed E-state index contributed by atoms with van der Waals surface area (Å²) >= 11 is 0. The van der Waals surface area contributed by atoms with E-state index in [4.69, 9.17) is 0 Å². The van der Waals surface area contributed by atoms with E-state index in [1.54, 1.807) is 11.1 Å². The number of rotatable bonds is 40. The van der Waals surface area contributed by atoms with Crippen LogP contribution in [0.1, 0.15) is 274 Å². The number of nitrogens with zero attached hydrogens (tertiary/aromatic N) is 1. The van der Waals surface area contributed by atoms with E-state index in [2.05, 4.69) is 296 Å². The molecule has 3 aliphatic rings. The highest BCUT2D eigenvalue weighted by molar-refractivity contribution is 5.90. The molecule has 1 nitrogen and oxygen atoms in total. The standard InChI is InChI=1S/C109H123N/c1-9-15-19-23-27-34-68-107(69-35-28-24-20-16-10-2)101-72-80(7)40-62-95(101)97-64-54-88(74-103(97)107)86-50-58-93(59-51-86)110(92-38-32-31-33-39-92)94-60-52-87(53-61-94)89-55-65-98-99-66-56-90(76-105(99)108(104(98)75-89,70-36-29-25-21-17-11-3)71-37-30-26-22-18-12-4)91-57-67-100-96-63-41-81(8)73-102(96)109(106(100)77-91,78-84-46-42-82(13-5)43-47-84)79-85-48-44-83(14-6)45-49-85/h13-14,31-33,38-67,72-77H,5-6,9-12,15-30,34-37,68-71,78-79H2,1-4,7-8H3. The number of benzene rings is 11. The van der Waals surface area contributed by atoms with Gasteiger partial charge in [0.15, 0.2) is 0 Å². The molecule has 14 rings (SSSR count). The van der Waals surface area contributed by atoms with E-state index < -0.39 is 0 Å². The zero-order valence-electron chi connectivity index (χ0n) is 67.7. The van der Waals surface area contributed by atoms with Crippen molar-refractivity contribution in [3.63, 3.8) is 0 Å². The predicted octanol–water partition coefficient (Wildman–Crippen LogP) is 32.3. The lowest BCUT2D eigenvalue weighted by Crippen LogP contribution is -2.31. The second-order valence-corrected chi connectivity index (χ2v) is 33.5. The highest BCUT2D eigenvalue weighted by atomic mass is 15.1. The normalized spacial score (nSPS) is 13.7. The summed E-state index contributed by atoms with van der Waals surface area (Å²) in [5, 5.41) is 0. The van der Waals surface area contributed by atoms with Crippen molar-refractivity contribution < 1.29 is 0 Å². The van der Waals surface area contributed by atoms with Gasteiger partial charge in [-0.1, -0.05) is 394 Å². The van der Waals surface area contributed by atoms with E-state index in [1.807, 2.05) is 12.2 Å². The molecule has 0 aliphatic heterocycles. The first kappa shape index (κ1) is 77.4. The molecule has 0 bridgehead atoms. The van der Waals surface area contributed by atoms with Gasteiger partial charge in [0, 0.05) is 33.3 Å². The summed E-state index contributed by atoms with van der Waals surface area (Å²) in [6.07, 6.45) is 41.7. The fourth-order valence-electron chi connectivity index (χ4n) is 19.9. The van der Waals surface area contributed by atoms with Gasteiger partial charge in [0.25, 0.3) is 0 Å². The van der Waals surface area contributed by atoms with E-state index in [-0.39, 0.29) is 16.2 Å². The predicted molar refractivity (Wildman–Crippen MR) is 478 cm³/mol. The third-order valence-electron chi connectivity index (χ3n) is 25.9. The summed E-state index contributed by atoms with van der Waals surface area (Å²) in [5.74, 6) is 0. The summed E-state index contributed by atoms with van der Waals surface area (Å²) in [6, 6.07) is 93.4. The van der Waals surface area contributed by atoms with Gasteiger partial charge in [-0.05, 0) is 235 Å². The van der Waals surface area contributed by atoms with Crippen LogP contribution < -0.4 is 4.90 Å². The lowest BCUT2D eigenvalue weighted by molar-refractivity contribution is 0.398. The Morgan fingerprint density at radius 1 is 0.255 bits per heavy atom. The fourth-order valence-corrected chi connectivity index (χ4v) is 19.9. The van der Waals surface area contributed by atoms with Crippen molar-refractivity contribution in [1.82, 2.24) is 0 Å². The lowest BCUT2D eigenvalue weighted by atomic mass is 9.68. The van der Waals surface area contributed by atoms with E-state index in [9.17, 15) is 0 Å². The van der Waals surface area contributed by atoms with Crippen LogP contribution in [0.15, 0.2) is 250 Å². The largest absolute Gasteiger partial charge is 0.311 e. The molecule has 1 heteroatoms. The molecular formula is C109H123N. The summed E-state index contributed by atoms with van der Waals surface area (Å²) in [4.78, 5) is 2.45. The van der Waals surface area contributed by atoms with Gasteiger partial charge in [0.1, 0.15) is 0 Å². The minimum absolute atomic E-state index is 0.0344. The summed E-state index contributed by atoms with van der Waals surface area (Å²) in [7, 11) is 0. The van der Waals surface area contributed by atoms with Crippen LogP contribution in [0.25, 0.3) is 78.9 Å². The van der Waals surface area contributed by atoms with E-state index >= 15 is 0 Å². The molecule has 0 saturated heterocycles. The number of para-hydroxylation sites is 1. The van der Waals surface area contributed by atoms with Crippen LogP contribution in [-0.2, 0) is 29.1 Å². The van der Waals surface area contributed by atoms with Crippen LogP contribution in [0.4, 0.5) is 17.1 Å². The zero-order valence-corrected chi connectivity index (χ0v) is 67.7. The smallest absolute Gasteiger partial charge is 0.0462 e. The third-order valence-corrected chi connectivity index (χ3v) is 25.9. The SMILES string of the molecule is C=Cc1ccc(CC2(Cc3ccc(C=C)cc3)c3cc(C)ccc3-c3ccc(-c4ccc5c(c4)C(CCCCCCCC)(CCCCCCCC)c4cc(-c6ccc(N(c7ccccc7)c7ccc(-c8ccc9c(c8)C(CCCCCCCC)(CCCCCCCC)c8cc(C)ccc8-9)cc7)cc6)ccc4-5)cc32)cc1. The van der Waals surface area contributed by atoms with E-state index in [1.165, 1.54) is 278 Å². The average Bonchev–Trinajstić information content (AvgIpc) is 1.57. The Hall–Kier alpha value is -9.30. The third kappa shape index (κ3) is 16.5. The molecule has 0 spiro atoms. The van der Waals surface area contributed by atoms with Gasteiger partial charge in [0.05, 0.1) is 0 Å². The van der Waals surface area contributed by atoms with Gasteiger partial charge in [-0.25, -0.2) is 0 Å². The Labute approximate surface area is 663 Å². The van der Waals surface area contributed by atoms with Crippen molar-refractivity contribution in [2.75, 3.05) is 4.90 Å². The Kier molecular flexibility index (Phi) is 25.5. The summed E-state index contributed by atoms with van der Waals surface area (Å²) in [5.41, 5.74) is 36.1. The number of anilines is 3. The maximum Gasteiger partial charge on any atom is 0.0462 e. The second kappa shape index (κ2) is 36.2. The number of unbranched alkanes of at least 4 members (excludes halogenated alkanes) is 20. The molecule has 0 radical (unpaired) electrons. The van der Waals surface area contributed by atoms with Gasteiger partial charge < -0.3 is 4.90 Å². The summed E-state index contributed by atoms with van der Waals surface area (Å²) < 4.78 is 0. The molecule has 564 valence electrons. The average molecular weight is 1450 g/mol. The second-order valence-electron chi connectivity index (χ2n) is 33.5. The maximum atomic E-state index is 4.12. The van der Waals surface area contributed by atoms with Crippen LogP contribution in [0.5, 0.6) is 0 Å². The first-order valence-electron chi connectivity index (χ1n) is 43.3. The Morgan fingerprint density at radius 3 is 0.845 bits per heavy atom. The molecule has 0 N–H and O–H groups in total. The summed E-state index contributed by atoms with van der Waals surface area (Å²) in [6.45, 7) is 22.2. The number of fused-ring (bicyclic) bond motifs is 9. The topological polar surface area (TPSA) is 3.24 Å². The first-order chi connectivity index (χ1) is 54.0. The molecule has 0 aromatic heterocycles. The van der Waals surface area contributed by atoms with E-state index in [0.29, 0.717) is 0 Å². The first-order valence-corrected chi connectivity index (χ1v) is 43.3. The molecule has 0 atom stereocenters. The lowest BCUT2D eigenvalue weighted by Gasteiger charge is -2.34. The number of hydrogen-bond acceptors (Lipinski definition) is 1. The molecule has 110 heavy (non-hydrogen) atoms. The molecule has 0 amide bonds. The van der Waals surface area contributed by atoms with Crippen molar-refractivity contribution in [3.05, 3.63) is 317 Å². The van der Waals surface area contributed by atoms with Crippen molar-refractivity contribution in [2.24, 2.45) is 0 Å². The minimum atomic E-state index is -0.310. The molecule has 0 unspecified atom stereocenters. The Balaban J connectivity index is 0.808. The van der Waals surface area contributed by atoms with Gasteiger partial charge >= 0.3 is 0 Å². The van der Waals surface area contributed by atoms with Gasteiger partial charge in [-0.2, -0.15) is 0 Å². The highest BCUT2D eigenvalue weighted by Crippen LogP contribution is 2.59. The molecule has 11 aromatic carbocycles. The van der Waals surface area contributed by atoms with Crippen LogP contribution in [0.2, 0.25) is 0 Å². The fraction of sp³-hybridized carbons (Fsp3) is 0.358. The quantitative estimate of drug-likeness (QED) is 0.0346. The van der Waals surface area contributed by atoms with Crippen LogP contribution in [-0.4, -0.2) is 0 Å². The van der Waals surface area contributed by atoms with E-state index in [0.717, 1.165) is 53.9 Å².